The lowest BCUT2D eigenvalue weighted by Gasteiger charge is -2.14. The first-order chi connectivity index (χ1) is 15.2. The van der Waals surface area contributed by atoms with E-state index in [1.807, 2.05) is 4.90 Å². The Morgan fingerprint density at radius 3 is 2.50 bits per heavy atom. The third-order valence-corrected chi connectivity index (χ3v) is 6.64. The first-order valence-electron chi connectivity index (χ1n) is 9.88. The summed E-state index contributed by atoms with van der Waals surface area (Å²) in [5.74, 6) is -0.633. The molecule has 4 rings (SSSR count). The van der Waals surface area contributed by atoms with Gasteiger partial charge in [0.15, 0.2) is 0 Å². The quantitative estimate of drug-likeness (QED) is 0.569. The van der Waals surface area contributed by atoms with Crippen LogP contribution < -0.4 is 10.5 Å². The third kappa shape index (κ3) is 5.16. The van der Waals surface area contributed by atoms with Crippen LogP contribution in [0.25, 0.3) is 0 Å². The lowest BCUT2D eigenvalue weighted by molar-refractivity contribution is -0.115. The summed E-state index contributed by atoms with van der Waals surface area (Å²) in [5.41, 5.74) is 3.31. The van der Waals surface area contributed by atoms with Crippen LogP contribution in [0.2, 0.25) is 5.02 Å². The highest BCUT2D eigenvalue weighted by Crippen LogP contribution is 2.32. The fraction of sp³-hybridized carbons (Fsp3) is 0.174. The fourth-order valence-electron chi connectivity index (χ4n) is 3.85. The van der Waals surface area contributed by atoms with Crippen LogP contribution >= 0.6 is 11.6 Å². The Bertz CT molecular complexity index is 1280. The Balaban J connectivity index is 1.56. The smallest absolute Gasteiger partial charge is 0.238 e. The highest BCUT2D eigenvalue weighted by Gasteiger charge is 2.27. The number of carbonyl (C=O) groups is 1. The molecule has 1 aliphatic rings. The molecule has 3 aromatic carbocycles. The van der Waals surface area contributed by atoms with E-state index in [9.17, 15) is 17.6 Å². The molecule has 32 heavy (non-hydrogen) atoms. The molecular formula is C23H21ClFN3O3S. The summed E-state index contributed by atoms with van der Waals surface area (Å²) in [6, 6.07) is 16.3. The molecule has 0 aromatic heterocycles. The van der Waals surface area contributed by atoms with Crippen LogP contribution in [0.3, 0.4) is 0 Å². The minimum absolute atomic E-state index is 0.00958. The molecule has 0 spiro atoms. The Morgan fingerprint density at radius 2 is 1.81 bits per heavy atom. The molecule has 0 saturated carbocycles. The average molecular weight is 474 g/mol. The normalized spacial score (nSPS) is 13.7. The molecule has 3 aromatic rings. The molecule has 3 N–H and O–H groups in total. The van der Waals surface area contributed by atoms with Gasteiger partial charge in [0.25, 0.3) is 0 Å². The number of sulfonamides is 1. The average Bonchev–Trinajstić information content (AvgIpc) is 3.12. The van der Waals surface area contributed by atoms with Crippen LogP contribution in [0.15, 0.2) is 65.6 Å². The highest BCUT2D eigenvalue weighted by molar-refractivity contribution is 7.89. The molecule has 0 atom stereocenters. The number of hydrogen-bond donors (Lipinski definition) is 2. The number of anilines is 1. The molecule has 166 valence electrons. The third-order valence-electron chi connectivity index (χ3n) is 5.30. The van der Waals surface area contributed by atoms with E-state index in [-0.39, 0.29) is 23.0 Å². The van der Waals surface area contributed by atoms with E-state index in [0.717, 1.165) is 11.1 Å². The summed E-state index contributed by atoms with van der Waals surface area (Å²) < 4.78 is 37.7. The van der Waals surface area contributed by atoms with E-state index in [0.29, 0.717) is 41.5 Å². The van der Waals surface area contributed by atoms with Gasteiger partial charge in [-0.1, -0.05) is 41.9 Å². The van der Waals surface area contributed by atoms with Crippen molar-refractivity contribution in [2.45, 2.75) is 31.0 Å². The molecule has 0 fully saturated rings. The van der Waals surface area contributed by atoms with Crippen LogP contribution in [-0.2, 0) is 40.9 Å². The van der Waals surface area contributed by atoms with Crippen LogP contribution in [0.5, 0.6) is 0 Å². The minimum atomic E-state index is -4.00. The maximum atomic E-state index is 13.2. The zero-order valence-electron chi connectivity index (χ0n) is 17.0. The summed E-state index contributed by atoms with van der Waals surface area (Å²) in [6.45, 7) is 1.38. The van der Waals surface area contributed by atoms with Crippen LogP contribution in [0.4, 0.5) is 10.1 Å². The van der Waals surface area contributed by atoms with Crippen molar-refractivity contribution >= 4 is 33.2 Å². The van der Waals surface area contributed by atoms with E-state index in [1.54, 1.807) is 42.5 Å². The van der Waals surface area contributed by atoms with Crippen molar-refractivity contribution in [3.05, 3.63) is 93.8 Å². The first kappa shape index (κ1) is 22.4. The zero-order valence-corrected chi connectivity index (χ0v) is 18.6. The number of fused-ring (bicyclic) bond motifs is 1. The van der Waals surface area contributed by atoms with Crippen molar-refractivity contribution in [2.75, 3.05) is 5.32 Å². The molecule has 0 radical (unpaired) electrons. The largest absolute Gasteiger partial charge is 0.326 e. The van der Waals surface area contributed by atoms with Gasteiger partial charge in [0.05, 0.1) is 11.3 Å². The maximum Gasteiger partial charge on any atom is 0.238 e. The number of halogens is 2. The zero-order chi connectivity index (χ0) is 22.9. The van der Waals surface area contributed by atoms with Gasteiger partial charge in [0, 0.05) is 30.3 Å². The molecule has 0 saturated heterocycles. The second kappa shape index (κ2) is 8.99. The highest BCUT2D eigenvalue weighted by atomic mass is 35.5. The maximum absolute atomic E-state index is 13.2. The monoisotopic (exact) mass is 473 g/mol. The molecular weight excluding hydrogens is 453 g/mol. The Kier molecular flexibility index (Phi) is 6.30. The van der Waals surface area contributed by atoms with Gasteiger partial charge in [-0.2, -0.15) is 0 Å². The summed E-state index contributed by atoms with van der Waals surface area (Å²) in [5, 5.41) is 8.71. The lowest BCUT2D eigenvalue weighted by Crippen LogP contribution is -2.18. The lowest BCUT2D eigenvalue weighted by atomic mass is 10.1. The van der Waals surface area contributed by atoms with Gasteiger partial charge in [0.1, 0.15) is 5.82 Å². The summed E-state index contributed by atoms with van der Waals surface area (Å²) >= 11 is 6.12. The van der Waals surface area contributed by atoms with E-state index < -0.39 is 10.0 Å². The molecule has 0 unspecified atom stereocenters. The molecule has 0 bridgehead atoms. The SMILES string of the molecule is NS(=O)(=O)c1cc(NC(=O)Cc2ccccc2Cl)cc2c1CN(Cc1ccc(F)cc1)C2. The number of hydrogen-bond acceptors (Lipinski definition) is 4. The topological polar surface area (TPSA) is 92.5 Å². The van der Waals surface area contributed by atoms with Crippen LogP contribution in [0, 0.1) is 5.82 Å². The molecule has 1 amide bonds. The van der Waals surface area contributed by atoms with Crippen molar-refractivity contribution in [3.8, 4) is 0 Å². The predicted octanol–water partition coefficient (Wildman–Crippen LogP) is 3.82. The van der Waals surface area contributed by atoms with Gasteiger partial charge in [0.2, 0.25) is 15.9 Å². The van der Waals surface area contributed by atoms with Crippen molar-refractivity contribution in [1.82, 2.24) is 4.90 Å². The van der Waals surface area contributed by atoms with Crippen molar-refractivity contribution < 1.29 is 17.6 Å². The van der Waals surface area contributed by atoms with Crippen molar-refractivity contribution in [3.63, 3.8) is 0 Å². The number of nitrogens with one attached hydrogen (secondary N) is 1. The van der Waals surface area contributed by atoms with E-state index >= 15 is 0 Å². The Hall–Kier alpha value is -2.78. The van der Waals surface area contributed by atoms with Crippen LogP contribution in [-0.4, -0.2) is 19.2 Å². The number of amides is 1. The number of primary sulfonamides is 1. The first-order valence-corrected chi connectivity index (χ1v) is 11.8. The predicted molar refractivity (Wildman–Crippen MR) is 121 cm³/mol. The number of benzene rings is 3. The molecule has 9 heteroatoms. The van der Waals surface area contributed by atoms with Gasteiger partial charge in [-0.05, 0) is 52.6 Å². The standard InChI is InChI=1S/C23H21ClFN3O3S/c24-21-4-2-1-3-16(21)10-23(29)27-19-9-17-13-28(12-15-5-7-18(25)8-6-15)14-20(17)22(11-19)32(26,30)31/h1-9,11H,10,12-14H2,(H,27,29)(H2,26,30,31). The number of carbonyl (C=O) groups excluding carboxylic acids is 1. The summed E-state index contributed by atoms with van der Waals surface area (Å²) in [7, 11) is -4.00. The molecule has 0 aliphatic carbocycles. The van der Waals surface area contributed by atoms with Gasteiger partial charge in [-0.3, -0.25) is 9.69 Å². The summed E-state index contributed by atoms with van der Waals surface area (Å²) in [4.78, 5) is 14.6. The fourth-order valence-corrected chi connectivity index (χ4v) is 4.88. The Labute approximate surface area is 190 Å². The van der Waals surface area contributed by atoms with Gasteiger partial charge < -0.3 is 5.32 Å². The van der Waals surface area contributed by atoms with Gasteiger partial charge in [-0.15, -0.1) is 0 Å². The van der Waals surface area contributed by atoms with Crippen molar-refractivity contribution in [2.24, 2.45) is 5.14 Å². The Morgan fingerprint density at radius 1 is 1.09 bits per heavy atom. The van der Waals surface area contributed by atoms with E-state index in [4.69, 9.17) is 16.7 Å². The van der Waals surface area contributed by atoms with Crippen molar-refractivity contribution in [1.29, 1.82) is 0 Å². The van der Waals surface area contributed by atoms with Gasteiger partial charge in [-0.25, -0.2) is 17.9 Å². The van der Waals surface area contributed by atoms with E-state index in [1.165, 1.54) is 18.2 Å². The molecule has 6 nitrogen and oxygen atoms in total. The molecule has 1 heterocycles. The number of rotatable bonds is 6. The number of nitrogens with two attached hydrogens (primary N) is 1. The van der Waals surface area contributed by atoms with Crippen LogP contribution in [0.1, 0.15) is 22.3 Å². The molecule has 1 aliphatic heterocycles. The summed E-state index contributed by atoms with van der Waals surface area (Å²) in [6.07, 6.45) is 0.0537. The second-order valence-corrected chi connectivity index (χ2v) is 9.68. The number of nitrogens with zero attached hydrogens (tertiary/aromatic N) is 1. The van der Waals surface area contributed by atoms with Gasteiger partial charge >= 0.3 is 0 Å². The minimum Gasteiger partial charge on any atom is -0.326 e. The van der Waals surface area contributed by atoms with E-state index in [2.05, 4.69) is 5.32 Å². The second-order valence-electron chi connectivity index (χ2n) is 7.75.